The van der Waals surface area contributed by atoms with Crippen LogP contribution < -0.4 is 10.2 Å². The topological polar surface area (TPSA) is 35.6 Å². The van der Waals surface area contributed by atoms with Gasteiger partial charge in [0.25, 0.3) is 0 Å². The molecule has 0 saturated carbocycles. The lowest BCUT2D eigenvalue weighted by Crippen LogP contribution is -2.52. The molecule has 0 aromatic heterocycles. The van der Waals surface area contributed by atoms with Crippen LogP contribution in [0.4, 0.5) is 10.5 Å². The Hall–Kier alpha value is -1.71. The van der Waals surface area contributed by atoms with Gasteiger partial charge in [-0.1, -0.05) is 19.4 Å². The van der Waals surface area contributed by atoms with Crippen molar-refractivity contribution in [3.05, 3.63) is 29.3 Å². The summed E-state index contributed by atoms with van der Waals surface area (Å²) >= 11 is 0. The number of aryl methyl sites for hydroxylation is 2. The van der Waals surface area contributed by atoms with E-state index in [9.17, 15) is 4.79 Å². The van der Waals surface area contributed by atoms with Crippen LogP contribution in [0.1, 0.15) is 30.9 Å². The monoisotopic (exact) mass is 289 g/mol. The van der Waals surface area contributed by atoms with E-state index < -0.39 is 0 Å². The Morgan fingerprint density at radius 2 is 1.71 bits per heavy atom. The van der Waals surface area contributed by atoms with Gasteiger partial charge in [-0.25, -0.2) is 4.79 Å². The highest BCUT2D eigenvalue weighted by molar-refractivity contribution is 5.74. The second-order valence-electron chi connectivity index (χ2n) is 5.91. The molecule has 4 nitrogen and oxygen atoms in total. The fraction of sp³-hybridized carbons (Fsp3) is 0.588. The van der Waals surface area contributed by atoms with Crippen molar-refractivity contribution < 1.29 is 4.79 Å². The minimum absolute atomic E-state index is 0.0866. The number of nitrogens with one attached hydrogen (secondary N) is 1. The predicted molar refractivity (Wildman–Crippen MR) is 88.0 cm³/mol. The number of amides is 2. The maximum atomic E-state index is 12.0. The molecule has 1 aliphatic heterocycles. The van der Waals surface area contributed by atoms with Crippen LogP contribution in [0.3, 0.4) is 0 Å². The van der Waals surface area contributed by atoms with E-state index in [1.54, 1.807) is 0 Å². The van der Waals surface area contributed by atoms with Gasteiger partial charge in [-0.15, -0.1) is 0 Å². The molecule has 1 saturated heterocycles. The van der Waals surface area contributed by atoms with E-state index in [4.69, 9.17) is 0 Å². The highest BCUT2D eigenvalue weighted by atomic mass is 16.2. The van der Waals surface area contributed by atoms with Gasteiger partial charge in [-0.3, -0.25) is 0 Å². The molecule has 4 heteroatoms. The molecule has 1 aromatic rings. The summed E-state index contributed by atoms with van der Waals surface area (Å²) in [6.45, 7) is 10.6. The van der Waals surface area contributed by atoms with Crippen molar-refractivity contribution in [2.45, 2.75) is 33.6 Å². The number of unbranched alkanes of at least 4 members (excludes halogenated alkanes) is 1. The number of carbonyl (C=O) groups is 1. The summed E-state index contributed by atoms with van der Waals surface area (Å²) in [6.07, 6.45) is 2.16. The van der Waals surface area contributed by atoms with E-state index >= 15 is 0 Å². The third-order valence-corrected chi connectivity index (χ3v) is 3.95. The van der Waals surface area contributed by atoms with Crippen molar-refractivity contribution in [3.63, 3.8) is 0 Å². The second kappa shape index (κ2) is 7.34. The normalized spacial score (nSPS) is 15.2. The lowest BCUT2D eigenvalue weighted by molar-refractivity contribution is 0.194. The van der Waals surface area contributed by atoms with E-state index in [-0.39, 0.29) is 6.03 Å². The molecule has 0 unspecified atom stereocenters. The van der Waals surface area contributed by atoms with Crippen LogP contribution in [-0.2, 0) is 0 Å². The molecule has 1 fully saturated rings. The zero-order chi connectivity index (χ0) is 15.2. The number of nitrogens with zero attached hydrogens (tertiary/aromatic N) is 2. The van der Waals surface area contributed by atoms with Crippen LogP contribution >= 0.6 is 0 Å². The quantitative estimate of drug-likeness (QED) is 0.865. The number of hydrogen-bond acceptors (Lipinski definition) is 2. The van der Waals surface area contributed by atoms with E-state index in [0.29, 0.717) is 0 Å². The van der Waals surface area contributed by atoms with Crippen LogP contribution in [-0.4, -0.2) is 43.7 Å². The summed E-state index contributed by atoms with van der Waals surface area (Å²) in [6, 6.07) is 6.73. The molecule has 116 valence electrons. The van der Waals surface area contributed by atoms with E-state index in [1.165, 1.54) is 16.8 Å². The number of rotatable bonds is 4. The first-order valence-electron chi connectivity index (χ1n) is 7.96. The molecule has 1 N–H and O–H groups in total. The third kappa shape index (κ3) is 4.38. The summed E-state index contributed by atoms with van der Waals surface area (Å²) < 4.78 is 0. The Balaban J connectivity index is 1.86. The lowest BCUT2D eigenvalue weighted by atomic mass is 10.1. The minimum atomic E-state index is 0.0866. The van der Waals surface area contributed by atoms with E-state index in [2.05, 4.69) is 49.2 Å². The SMILES string of the molecule is CCCCNC(=O)N1CCN(c2cc(C)cc(C)c2)CC1. The number of benzene rings is 1. The summed E-state index contributed by atoms with van der Waals surface area (Å²) in [5, 5.41) is 2.99. The van der Waals surface area contributed by atoms with Gasteiger partial charge >= 0.3 is 6.03 Å². The Morgan fingerprint density at radius 1 is 1.10 bits per heavy atom. The first kappa shape index (κ1) is 15.7. The molecule has 0 spiro atoms. The first-order chi connectivity index (χ1) is 10.1. The van der Waals surface area contributed by atoms with Gasteiger partial charge in [-0.2, -0.15) is 0 Å². The molecule has 0 bridgehead atoms. The molecule has 1 aliphatic rings. The highest BCUT2D eigenvalue weighted by Gasteiger charge is 2.21. The summed E-state index contributed by atoms with van der Waals surface area (Å²) in [7, 11) is 0. The van der Waals surface area contributed by atoms with Crippen molar-refractivity contribution in [1.29, 1.82) is 0 Å². The number of anilines is 1. The summed E-state index contributed by atoms with van der Waals surface area (Å²) in [4.78, 5) is 16.3. The van der Waals surface area contributed by atoms with Gasteiger partial charge in [0.05, 0.1) is 0 Å². The zero-order valence-corrected chi connectivity index (χ0v) is 13.5. The third-order valence-electron chi connectivity index (χ3n) is 3.95. The zero-order valence-electron chi connectivity index (χ0n) is 13.5. The highest BCUT2D eigenvalue weighted by Crippen LogP contribution is 2.20. The number of urea groups is 1. The maximum absolute atomic E-state index is 12.0. The smallest absolute Gasteiger partial charge is 0.317 e. The largest absolute Gasteiger partial charge is 0.368 e. The van der Waals surface area contributed by atoms with Crippen LogP contribution in [0.2, 0.25) is 0 Å². The average Bonchev–Trinajstić information content (AvgIpc) is 2.46. The lowest BCUT2D eigenvalue weighted by Gasteiger charge is -2.36. The fourth-order valence-electron chi connectivity index (χ4n) is 2.78. The van der Waals surface area contributed by atoms with Crippen molar-refractivity contribution in [3.8, 4) is 0 Å². The molecule has 2 amide bonds. The van der Waals surface area contributed by atoms with E-state index in [1.807, 2.05) is 4.90 Å². The van der Waals surface area contributed by atoms with Crippen LogP contribution in [0, 0.1) is 13.8 Å². The number of carbonyl (C=O) groups excluding carboxylic acids is 1. The summed E-state index contributed by atoms with van der Waals surface area (Å²) in [5.74, 6) is 0. The Morgan fingerprint density at radius 3 is 2.29 bits per heavy atom. The Labute approximate surface area is 128 Å². The van der Waals surface area contributed by atoms with Gasteiger partial charge in [0, 0.05) is 38.4 Å². The average molecular weight is 289 g/mol. The predicted octanol–water partition coefficient (Wildman–Crippen LogP) is 2.94. The Kier molecular flexibility index (Phi) is 5.48. The van der Waals surface area contributed by atoms with Gasteiger partial charge in [0.2, 0.25) is 0 Å². The molecule has 0 atom stereocenters. The van der Waals surface area contributed by atoms with Crippen LogP contribution in [0.25, 0.3) is 0 Å². The van der Waals surface area contributed by atoms with Crippen LogP contribution in [0.15, 0.2) is 18.2 Å². The van der Waals surface area contributed by atoms with Gasteiger partial charge in [-0.05, 0) is 43.5 Å². The Bertz CT molecular complexity index is 459. The van der Waals surface area contributed by atoms with E-state index in [0.717, 1.165) is 45.6 Å². The minimum Gasteiger partial charge on any atom is -0.368 e. The van der Waals surface area contributed by atoms with Gasteiger partial charge < -0.3 is 15.1 Å². The molecule has 0 aliphatic carbocycles. The molecular formula is C17H27N3O. The van der Waals surface area contributed by atoms with Gasteiger partial charge in [0.15, 0.2) is 0 Å². The van der Waals surface area contributed by atoms with Crippen molar-refractivity contribution in [1.82, 2.24) is 10.2 Å². The summed E-state index contributed by atoms with van der Waals surface area (Å²) in [5.41, 5.74) is 3.87. The molecule has 1 heterocycles. The van der Waals surface area contributed by atoms with Crippen LogP contribution in [0.5, 0.6) is 0 Å². The molecule has 0 radical (unpaired) electrons. The van der Waals surface area contributed by atoms with Crippen molar-refractivity contribution in [2.75, 3.05) is 37.6 Å². The second-order valence-corrected chi connectivity index (χ2v) is 5.91. The molecule has 21 heavy (non-hydrogen) atoms. The fourth-order valence-corrected chi connectivity index (χ4v) is 2.78. The maximum Gasteiger partial charge on any atom is 0.317 e. The van der Waals surface area contributed by atoms with Gasteiger partial charge in [0.1, 0.15) is 0 Å². The number of hydrogen-bond donors (Lipinski definition) is 1. The number of piperazine rings is 1. The van der Waals surface area contributed by atoms with Crippen molar-refractivity contribution in [2.24, 2.45) is 0 Å². The first-order valence-corrected chi connectivity index (χ1v) is 7.96. The standard InChI is InChI=1S/C17H27N3O/c1-4-5-6-18-17(21)20-9-7-19(8-10-20)16-12-14(2)11-15(3)13-16/h11-13H,4-10H2,1-3H3,(H,18,21). The van der Waals surface area contributed by atoms with Crippen molar-refractivity contribution >= 4 is 11.7 Å². The molecule has 1 aromatic carbocycles. The molecular weight excluding hydrogens is 262 g/mol. The molecule has 2 rings (SSSR count).